The first-order chi connectivity index (χ1) is 7.77. The van der Waals surface area contributed by atoms with Crippen LogP contribution >= 0.6 is 0 Å². The van der Waals surface area contributed by atoms with E-state index in [4.69, 9.17) is 0 Å². The van der Waals surface area contributed by atoms with E-state index < -0.39 is 0 Å². The molecule has 16 heavy (non-hydrogen) atoms. The van der Waals surface area contributed by atoms with Gasteiger partial charge in [-0.25, -0.2) is 0 Å². The summed E-state index contributed by atoms with van der Waals surface area (Å²) in [7, 11) is 0. The Labute approximate surface area is 96.8 Å². The van der Waals surface area contributed by atoms with Crippen molar-refractivity contribution in [3.05, 3.63) is 0 Å². The highest BCUT2D eigenvalue weighted by Gasteiger charge is 2.26. The smallest absolute Gasteiger partial charge is 0.224 e. The van der Waals surface area contributed by atoms with Crippen LogP contribution in [0.2, 0.25) is 0 Å². The van der Waals surface area contributed by atoms with E-state index in [-0.39, 0.29) is 17.9 Å². The Hall–Kier alpha value is -0.610. The molecule has 0 spiro atoms. The zero-order valence-electron chi connectivity index (χ0n) is 9.74. The van der Waals surface area contributed by atoms with Crippen molar-refractivity contribution in [2.75, 3.05) is 19.6 Å². The van der Waals surface area contributed by atoms with Gasteiger partial charge >= 0.3 is 0 Å². The summed E-state index contributed by atoms with van der Waals surface area (Å²) in [6.07, 6.45) is 5.25. The molecule has 0 radical (unpaired) electrons. The summed E-state index contributed by atoms with van der Waals surface area (Å²) in [6.45, 7) is 2.15. The number of carbonyl (C=O) groups excluding carboxylic acids is 1. The molecule has 0 aromatic rings. The first-order valence-electron chi connectivity index (χ1n) is 6.44. The maximum Gasteiger partial charge on any atom is 0.224 e. The SMILES string of the molecule is O=C(NCC(O)C1CCCC1)C1CCNC1. The molecule has 92 valence electrons. The van der Waals surface area contributed by atoms with Gasteiger partial charge in [-0.1, -0.05) is 12.8 Å². The molecule has 0 aromatic carbocycles. The Bertz CT molecular complexity index is 233. The topological polar surface area (TPSA) is 61.4 Å². The Morgan fingerprint density at radius 1 is 1.38 bits per heavy atom. The van der Waals surface area contributed by atoms with Crippen LogP contribution in [0.25, 0.3) is 0 Å². The Balaban J connectivity index is 1.67. The lowest BCUT2D eigenvalue weighted by Gasteiger charge is -2.19. The summed E-state index contributed by atoms with van der Waals surface area (Å²) in [5.74, 6) is 0.611. The van der Waals surface area contributed by atoms with Crippen LogP contribution in [0, 0.1) is 11.8 Å². The van der Waals surface area contributed by atoms with Gasteiger partial charge in [0, 0.05) is 13.1 Å². The highest BCUT2D eigenvalue weighted by Crippen LogP contribution is 2.27. The summed E-state index contributed by atoms with van der Waals surface area (Å²) in [6, 6.07) is 0. The molecule has 2 atom stereocenters. The van der Waals surface area contributed by atoms with Crippen LogP contribution in [-0.2, 0) is 4.79 Å². The third kappa shape index (κ3) is 2.95. The quantitative estimate of drug-likeness (QED) is 0.644. The van der Waals surface area contributed by atoms with Gasteiger partial charge in [0.15, 0.2) is 0 Å². The minimum atomic E-state index is -0.346. The minimum Gasteiger partial charge on any atom is -0.391 e. The molecule has 0 bridgehead atoms. The van der Waals surface area contributed by atoms with Crippen molar-refractivity contribution < 1.29 is 9.90 Å². The number of carbonyl (C=O) groups is 1. The number of hydrogen-bond donors (Lipinski definition) is 3. The van der Waals surface area contributed by atoms with Gasteiger partial charge in [0.05, 0.1) is 12.0 Å². The van der Waals surface area contributed by atoms with Crippen LogP contribution in [0.4, 0.5) is 0 Å². The third-order valence-corrected chi connectivity index (χ3v) is 3.86. The molecular formula is C12H22N2O2. The summed E-state index contributed by atoms with van der Waals surface area (Å²) < 4.78 is 0. The molecule has 4 nitrogen and oxygen atoms in total. The van der Waals surface area contributed by atoms with Crippen molar-refractivity contribution in [1.29, 1.82) is 0 Å². The maximum atomic E-state index is 11.7. The number of rotatable bonds is 4. The second-order valence-corrected chi connectivity index (χ2v) is 5.05. The lowest BCUT2D eigenvalue weighted by atomic mass is 10.0. The Kier molecular flexibility index (Phi) is 4.18. The molecule has 1 aliphatic carbocycles. The van der Waals surface area contributed by atoms with Gasteiger partial charge in [-0.2, -0.15) is 0 Å². The lowest BCUT2D eigenvalue weighted by Crippen LogP contribution is -2.39. The summed E-state index contributed by atoms with van der Waals surface area (Å²) in [4.78, 5) is 11.7. The maximum absolute atomic E-state index is 11.7. The van der Waals surface area contributed by atoms with E-state index in [1.807, 2.05) is 0 Å². The number of hydrogen-bond acceptors (Lipinski definition) is 3. The van der Waals surface area contributed by atoms with Gasteiger partial charge in [0.2, 0.25) is 5.91 Å². The molecule has 2 fully saturated rings. The standard InChI is InChI=1S/C12H22N2O2/c15-11(9-3-1-2-4-9)8-14-12(16)10-5-6-13-7-10/h9-11,13,15H,1-8H2,(H,14,16). The fourth-order valence-corrected chi connectivity index (χ4v) is 2.74. The fraction of sp³-hybridized carbons (Fsp3) is 0.917. The second-order valence-electron chi connectivity index (χ2n) is 5.05. The van der Waals surface area contributed by atoms with E-state index in [1.165, 1.54) is 12.8 Å². The van der Waals surface area contributed by atoms with Gasteiger partial charge in [-0.3, -0.25) is 4.79 Å². The number of aliphatic hydroxyl groups excluding tert-OH is 1. The molecular weight excluding hydrogens is 204 g/mol. The molecule has 1 aliphatic heterocycles. The number of nitrogens with one attached hydrogen (secondary N) is 2. The monoisotopic (exact) mass is 226 g/mol. The largest absolute Gasteiger partial charge is 0.391 e. The summed E-state index contributed by atoms with van der Waals surface area (Å²) in [5.41, 5.74) is 0. The fourth-order valence-electron chi connectivity index (χ4n) is 2.74. The Morgan fingerprint density at radius 3 is 2.75 bits per heavy atom. The van der Waals surface area contributed by atoms with E-state index in [1.54, 1.807) is 0 Å². The second kappa shape index (κ2) is 5.64. The first-order valence-corrected chi connectivity index (χ1v) is 6.44. The van der Waals surface area contributed by atoms with Crippen molar-refractivity contribution in [3.63, 3.8) is 0 Å². The molecule has 1 amide bonds. The molecule has 2 rings (SSSR count). The predicted octanol–water partition coefficient (Wildman–Crippen LogP) is 0.263. The predicted molar refractivity (Wildman–Crippen MR) is 62.0 cm³/mol. The van der Waals surface area contributed by atoms with Crippen LogP contribution in [-0.4, -0.2) is 36.8 Å². The normalized spacial score (nSPS) is 28.2. The van der Waals surface area contributed by atoms with Crippen molar-refractivity contribution in [1.82, 2.24) is 10.6 Å². The van der Waals surface area contributed by atoms with Crippen molar-refractivity contribution in [2.24, 2.45) is 11.8 Å². The first kappa shape index (κ1) is 11.9. The highest BCUT2D eigenvalue weighted by molar-refractivity contribution is 5.79. The van der Waals surface area contributed by atoms with Gasteiger partial charge in [0.1, 0.15) is 0 Å². The Morgan fingerprint density at radius 2 is 2.12 bits per heavy atom. The zero-order valence-corrected chi connectivity index (χ0v) is 9.74. The molecule has 1 heterocycles. The van der Waals surface area contributed by atoms with Crippen molar-refractivity contribution >= 4 is 5.91 Å². The molecule has 0 aromatic heterocycles. The molecule has 2 aliphatic rings. The molecule has 4 heteroatoms. The van der Waals surface area contributed by atoms with E-state index in [9.17, 15) is 9.90 Å². The average molecular weight is 226 g/mol. The molecule has 1 saturated heterocycles. The van der Waals surface area contributed by atoms with Crippen LogP contribution in [0.15, 0.2) is 0 Å². The highest BCUT2D eigenvalue weighted by atomic mass is 16.3. The van der Waals surface area contributed by atoms with E-state index in [0.717, 1.165) is 32.4 Å². The van der Waals surface area contributed by atoms with Gasteiger partial charge in [-0.05, 0) is 31.7 Å². The van der Waals surface area contributed by atoms with Crippen LogP contribution in [0.1, 0.15) is 32.1 Å². The van der Waals surface area contributed by atoms with Gasteiger partial charge < -0.3 is 15.7 Å². The summed E-state index contributed by atoms with van der Waals surface area (Å²) in [5, 5.41) is 16.0. The van der Waals surface area contributed by atoms with Gasteiger partial charge in [0.25, 0.3) is 0 Å². The van der Waals surface area contributed by atoms with Crippen LogP contribution in [0.5, 0.6) is 0 Å². The molecule has 3 N–H and O–H groups in total. The van der Waals surface area contributed by atoms with Crippen LogP contribution < -0.4 is 10.6 Å². The number of aliphatic hydroxyl groups is 1. The summed E-state index contributed by atoms with van der Waals surface area (Å²) >= 11 is 0. The minimum absolute atomic E-state index is 0.0991. The lowest BCUT2D eigenvalue weighted by molar-refractivity contribution is -0.125. The third-order valence-electron chi connectivity index (χ3n) is 3.86. The van der Waals surface area contributed by atoms with E-state index in [0.29, 0.717) is 12.5 Å². The van der Waals surface area contributed by atoms with Crippen molar-refractivity contribution in [3.8, 4) is 0 Å². The van der Waals surface area contributed by atoms with Crippen LogP contribution in [0.3, 0.4) is 0 Å². The van der Waals surface area contributed by atoms with E-state index >= 15 is 0 Å². The zero-order chi connectivity index (χ0) is 11.4. The average Bonchev–Trinajstić information content (AvgIpc) is 2.95. The molecule has 2 unspecified atom stereocenters. The number of amides is 1. The van der Waals surface area contributed by atoms with E-state index in [2.05, 4.69) is 10.6 Å². The van der Waals surface area contributed by atoms with Crippen molar-refractivity contribution in [2.45, 2.75) is 38.2 Å². The molecule has 1 saturated carbocycles. The van der Waals surface area contributed by atoms with Gasteiger partial charge in [-0.15, -0.1) is 0 Å².